The van der Waals surface area contributed by atoms with Gasteiger partial charge in [0, 0.05) is 12.5 Å². The van der Waals surface area contributed by atoms with E-state index in [9.17, 15) is 13.2 Å². The summed E-state index contributed by atoms with van der Waals surface area (Å²) in [6, 6.07) is 8.98. The molecular weight excluding hydrogens is 434 g/mol. The van der Waals surface area contributed by atoms with Crippen molar-refractivity contribution < 1.29 is 22.4 Å². The largest absolute Gasteiger partial charge is 0.496 e. The van der Waals surface area contributed by atoms with Gasteiger partial charge in [-0.15, -0.1) is 0 Å². The predicted octanol–water partition coefficient (Wildman–Crippen LogP) is 3.20. The minimum Gasteiger partial charge on any atom is -0.496 e. The van der Waals surface area contributed by atoms with E-state index < -0.39 is 9.84 Å². The monoisotopic (exact) mass is 455 g/mol. The second-order valence-corrected chi connectivity index (χ2v) is 9.71. The number of benzene rings is 1. The number of hydrogen-bond donors (Lipinski definition) is 0. The van der Waals surface area contributed by atoms with Crippen LogP contribution in [0.4, 0.5) is 0 Å². The van der Waals surface area contributed by atoms with Crippen LogP contribution in [-0.2, 0) is 27.6 Å². The van der Waals surface area contributed by atoms with Gasteiger partial charge >= 0.3 is 0 Å². The van der Waals surface area contributed by atoms with Crippen molar-refractivity contribution >= 4 is 31.7 Å². The molecule has 1 aliphatic rings. The molecule has 0 radical (unpaired) electrons. The number of hydrogen-bond acceptors (Lipinski definition) is 5. The predicted molar refractivity (Wildman–Crippen MR) is 105 cm³/mol. The number of nitrogens with zero attached hydrogens (tertiary/aromatic N) is 1. The van der Waals surface area contributed by atoms with Crippen LogP contribution in [-0.4, -0.2) is 43.9 Å². The van der Waals surface area contributed by atoms with Gasteiger partial charge in [-0.1, -0.05) is 6.07 Å². The van der Waals surface area contributed by atoms with Crippen LogP contribution in [0.25, 0.3) is 0 Å². The Morgan fingerprint density at radius 2 is 2.19 bits per heavy atom. The molecule has 27 heavy (non-hydrogen) atoms. The van der Waals surface area contributed by atoms with Gasteiger partial charge in [-0.25, -0.2) is 8.42 Å². The van der Waals surface area contributed by atoms with Crippen LogP contribution >= 0.6 is 15.9 Å². The van der Waals surface area contributed by atoms with Crippen LogP contribution in [0.3, 0.4) is 0 Å². The molecule has 0 unspecified atom stereocenters. The molecule has 1 atom stereocenters. The lowest BCUT2D eigenvalue weighted by molar-refractivity contribution is -0.134. The van der Waals surface area contributed by atoms with Gasteiger partial charge in [0.25, 0.3) is 0 Å². The van der Waals surface area contributed by atoms with E-state index in [1.54, 1.807) is 30.4 Å². The first-order valence-corrected chi connectivity index (χ1v) is 11.3. The van der Waals surface area contributed by atoms with E-state index in [0.717, 1.165) is 15.8 Å². The minimum absolute atomic E-state index is 0.0214. The first-order chi connectivity index (χ1) is 12.9. The van der Waals surface area contributed by atoms with E-state index in [1.807, 2.05) is 18.2 Å². The fraction of sp³-hybridized carbons (Fsp3) is 0.421. The van der Waals surface area contributed by atoms with Crippen molar-refractivity contribution in [1.29, 1.82) is 0 Å². The van der Waals surface area contributed by atoms with Gasteiger partial charge in [-0.05, 0) is 58.6 Å². The number of halogens is 1. The highest BCUT2D eigenvalue weighted by atomic mass is 79.9. The number of furan rings is 1. The molecule has 0 N–H and O–H groups in total. The summed E-state index contributed by atoms with van der Waals surface area (Å²) in [6.45, 7) is 0.290. The van der Waals surface area contributed by atoms with Gasteiger partial charge in [-0.3, -0.25) is 4.79 Å². The molecule has 8 heteroatoms. The topological polar surface area (TPSA) is 76.8 Å². The highest BCUT2D eigenvalue weighted by Gasteiger charge is 2.34. The van der Waals surface area contributed by atoms with E-state index >= 15 is 0 Å². The number of carbonyl (C=O) groups is 1. The van der Waals surface area contributed by atoms with Crippen molar-refractivity contribution in [3.63, 3.8) is 0 Å². The van der Waals surface area contributed by atoms with Gasteiger partial charge in [0.2, 0.25) is 5.91 Å². The summed E-state index contributed by atoms with van der Waals surface area (Å²) in [5, 5.41) is 0. The highest BCUT2D eigenvalue weighted by Crippen LogP contribution is 2.26. The number of sulfone groups is 1. The maximum atomic E-state index is 12.9. The molecule has 6 nitrogen and oxygen atoms in total. The van der Waals surface area contributed by atoms with Crippen molar-refractivity contribution in [2.75, 3.05) is 18.6 Å². The molecule has 0 spiro atoms. The summed E-state index contributed by atoms with van der Waals surface area (Å²) in [7, 11) is -1.48. The molecule has 0 aliphatic carbocycles. The van der Waals surface area contributed by atoms with Gasteiger partial charge in [0.05, 0.1) is 35.9 Å². The molecule has 1 saturated heterocycles. The Labute approximate surface area is 167 Å². The standard InChI is InChI=1S/C19H22BrNO5S/c1-25-18-6-4-14(11-17(18)20)5-7-19(22)21(12-16-3-2-9-26-16)15-8-10-27(23,24)13-15/h2-4,6,9,11,15H,5,7-8,10,12-13H2,1H3/t15-/m0/s1. The Balaban J connectivity index is 1.69. The van der Waals surface area contributed by atoms with Crippen LogP contribution in [0.15, 0.2) is 45.5 Å². The summed E-state index contributed by atoms with van der Waals surface area (Å²) in [5.41, 5.74) is 1.01. The number of amides is 1. The molecule has 146 valence electrons. The quantitative estimate of drug-likeness (QED) is 0.640. The fourth-order valence-corrected chi connectivity index (χ4v) is 5.59. The first kappa shape index (κ1) is 19.9. The second kappa shape index (κ2) is 8.48. The molecule has 1 fully saturated rings. The van der Waals surface area contributed by atoms with Crippen molar-refractivity contribution in [2.45, 2.75) is 31.8 Å². The van der Waals surface area contributed by atoms with Crippen LogP contribution in [0, 0.1) is 0 Å². The summed E-state index contributed by atoms with van der Waals surface area (Å²) in [4.78, 5) is 14.6. The molecule has 1 aromatic carbocycles. The number of ether oxygens (including phenoxy) is 1. The van der Waals surface area contributed by atoms with Gasteiger partial charge in [-0.2, -0.15) is 0 Å². The lowest BCUT2D eigenvalue weighted by atomic mass is 10.1. The Morgan fingerprint density at radius 3 is 2.78 bits per heavy atom. The minimum atomic E-state index is -3.08. The van der Waals surface area contributed by atoms with Crippen LogP contribution < -0.4 is 4.74 Å². The number of methoxy groups -OCH3 is 1. The van der Waals surface area contributed by atoms with Crippen molar-refractivity contribution in [3.05, 3.63) is 52.4 Å². The third-order valence-electron chi connectivity index (χ3n) is 4.72. The van der Waals surface area contributed by atoms with Gasteiger partial charge in [0.15, 0.2) is 9.84 Å². The third-order valence-corrected chi connectivity index (χ3v) is 7.09. The number of carbonyl (C=O) groups excluding carboxylic acids is 1. The normalized spacial score (nSPS) is 18.4. The summed E-state index contributed by atoms with van der Waals surface area (Å²) >= 11 is 3.45. The lowest BCUT2D eigenvalue weighted by Gasteiger charge is -2.27. The Kier molecular flexibility index (Phi) is 6.26. The van der Waals surface area contributed by atoms with Crippen LogP contribution in [0.5, 0.6) is 5.75 Å². The molecule has 2 heterocycles. The number of aryl methyl sites for hydroxylation is 1. The van der Waals surface area contributed by atoms with Gasteiger partial charge < -0.3 is 14.1 Å². The maximum absolute atomic E-state index is 12.9. The molecular formula is C19H22BrNO5S. The molecule has 2 aromatic rings. The molecule has 1 amide bonds. The smallest absolute Gasteiger partial charge is 0.223 e. The highest BCUT2D eigenvalue weighted by molar-refractivity contribution is 9.10. The fourth-order valence-electron chi connectivity index (χ4n) is 3.27. The first-order valence-electron chi connectivity index (χ1n) is 8.72. The second-order valence-electron chi connectivity index (χ2n) is 6.63. The average molecular weight is 456 g/mol. The van der Waals surface area contributed by atoms with E-state index in [4.69, 9.17) is 9.15 Å². The third kappa shape index (κ3) is 5.13. The van der Waals surface area contributed by atoms with E-state index in [2.05, 4.69) is 15.9 Å². The van der Waals surface area contributed by atoms with E-state index in [0.29, 0.717) is 31.6 Å². The Hall–Kier alpha value is -1.80. The zero-order valence-electron chi connectivity index (χ0n) is 15.1. The number of rotatable bonds is 7. The lowest BCUT2D eigenvalue weighted by Crippen LogP contribution is -2.40. The summed E-state index contributed by atoms with van der Waals surface area (Å²) < 4.78 is 35.2. The van der Waals surface area contributed by atoms with E-state index in [1.165, 1.54) is 0 Å². The van der Waals surface area contributed by atoms with Crippen LogP contribution in [0.2, 0.25) is 0 Å². The average Bonchev–Trinajstić information content (AvgIpc) is 3.26. The van der Waals surface area contributed by atoms with Crippen LogP contribution in [0.1, 0.15) is 24.2 Å². The Bertz CT molecular complexity index is 895. The van der Waals surface area contributed by atoms with Crippen molar-refractivity contribution in [2.24, 2.45) is 0 Å². The SMILES string of the molecule is COc1ccc(CCC(=O)N(Cc2ccco2)[C@H]2CCS(=O)(=O)C2)cc1Br. The Morgan fingerprint density at radius 1 is 1.37 bits per heavy atom. The van der Waals surface area contributed by atoms with E-state index in [-0.39, 0.29) is 23.5 Å². The zero-order chi connectivity index (χ0) is 19.4. The van der Waals surface area contributed by atoms with Crippen molar-refractivity contribution in [3.8, 4) is 5.75 Å². The summed E-state index contributed by atoms with van der Waals surface area (Å²) in [6.07, 6.45) is 2.90. The molecule has 0 bridgehead atoms. The zero-order valence-corrected chi connectivity index (χ0v) is 17.5. The molecule has 3 rings (SSSR count). The van der Waals surface area contributed by atoms with Gasteiger partial charge in [0.1, 0.15) is 11.5 Å². The molecule has 0 saturated carbocycles. The maximum Gasteiger partial charge on any atom is 0.223 e. The summed E-state index contributed by atoms with van der Waals surface area (Å²) in [5.74, 6) is 1.47. The molecule has 1 aromatic heterocycles. The van der Waals surface area contributed by atoms with Crippen molar-refractivity contribution in [1.82, 2.24) is 4.90 Å². The molecule has 1 aliphatic heterocycles.